The maximum atomic E-state index is 12.8. The van der Waals surface area contributed by atoms with Crippen LogP contribution < -0.4 is 5.32 Å². The summed E-state index contributed by atoms with van der Waals surface area (Å²) in [7, 11) is 0. The minimum absolute atomic E-state index is 0.114. The fourth-order valence-electron chi connectivity index (χ4n) is 3.71. The lowest BCUT2D eigenvalue weighted by atomic mass is 10.0. The molecule has 0 spiro atoms. The van der Waals surface area contributed by atoms with Crippen LogP contribution in [0.4, 0.5) is 5.69 Å². The molecule has 2 N–H and O–H groups in total. The normalized spacial score (nSPS) is 22.4. The van der Waals surface area contributed by atoms with E-state index in [0.717, 1.165) is 32.3 Å². The minimum atomic E-state index is -0.971. The second-order valence-electron chi connectivity index (χ2n) is 7.15. The van der Waals surface area contributed by atoms with Gasteiger partial charge in [-0.2, -0.15) is 0 Å². The number of rotatable bonds is 6. The highest BCUT2D eigenvalue weighted by Crippen LogP contribution is 2.22. The first-order chi connectivity index (χ1) is 13.0. The van der Waals surface area contributed by atoms with Crippen molar-refractivity contribution < 1.29 is 24.2 Å². The molecule has 1 aromatic carbocycles. The zero-order valence-electron chi connectivity index (χ0n) is 15.4. The van der Waals surface area contributed by atoms with Gasteiger partial charge < -0.3 is 20.1 Å². The van der Waals surface area contributed by atoms with Gasteiger partial charge in [-0.15, -0.1) is 0 Å². The van der Waals surface area contributed by atoms with Crippen LogP contribution in [0.25, 0.3) is 0 Å². The molecule has 7 nitrogen and oxygen atoms in total. The number of carbonyl (C=O) groups excluding carboxylic acids is 2. The Labute approximate surface area is 158 Å². The Hall–Kier alpha value is -2.41. The van der Waals surface area contributed by atoms with Gasteiger partial charge >= 0.3 is 5.97 Å². The van der Waals surface area contributed by atoms with Crippen LogP contribution in [0, 0.1) is 0 Å². The molecular weight excluding hydrogens is 348 g/mol. The molecule has 2 aliphatic rings. The number of aliphatic carboxylic acids is 1. The van der Waals surface area contributed by atoms with Crippen molar-refractivity contribution in [1.82, 2.24) is 4.90 Å². The highest BCUT2D eigenvalue weighted by molar-refractivity contribution is 5.99. The van der Waals surface area contributed by atoms with Crippen LogP contribution in [-0.2, 0) is 14.3 Å². The first kappa shape index (κ1) is 19.4. The van der Waals surface area contributed by atoms with Crippen molar-refractivity contribution in [3.8, 4) is 0 Å². The lowest BCUT2D eigenvalue weighted by Gasteiger charge is -2.33. The monoisotopic (exact) mass is 374 g/mol. The summed E-state index contributed by atoms with van der Waals surface area (Å²) in [6.45, 7) is 1.21. The number of hydrogen-bond acceptors (Lipinski definition) is 4. The summed E-state index contributed by atoms with van der Waals surface area (Å²) in [5, 5.41) is 12.2. The predicted octanol–water partition coefficient (Wildman–Crippen LogP) is 2.66. The fraction of sp³-hybridized carbons (Fsp3) is 0.550. The summed E-state index contributed by atoms with van der Waals surface area (Å²) in [5.74, 6) is -1.39. The van der Waals surface area contributed by atoms with Gasteiger partial charge in [0, 0.05) is 30.8 Å². The number of anilines is 1. The summed E-state index contributed by atoms with van der Waals surface area (Å²) in [5.41, 5.74) is 0.933. The molecule has 3 rings (SSSR count). The second kappa shape index (κ2) is 8.99. The highest BCUT2D eigenvalue weighted by Gasteiger charge is 2.32. The van der Waals surface area contributed by atoms with E-state index in [2.05, 4.69) is 5.32 Å². The van der Waals surface area contributed by atoms with Crippen molar-refractivity contribution in [2.75, 3.05) is 18.5 Å². The number of likely N-dealkylation sites (tertiary alicyclic amines) is 1. The van der Waals surface area contributed by atoms with Gasteiger partial charge in [-0.25, -0.2) is 4.79 Å². The molecule has 0 aliphatic carbocycles. The summed E-state index contributed by atoms with van der Waals surface area (Å²) >= 11 is 0. The Morgan fingerprint density at radius 2 is 2.04 bits per heavy atom. The first-order valence-corrected chi connectivity index (χ1v) is 9.60. The van der Waals surface area contributed by atoms with E-state index in [4.69, 9.17) is 4.74 Å². The fourth-order valence-corrected chi connectivity index (χ4v) is 3.71. The zero-order chi connectivity index (χ0) is 19.2. The molecule has 2 heterocycles. The molecule has 2 atom stereocenters. The maximum Gasteiger partial charge on any atom is 0.326 e. The van der Waals surface area contributed by atoms with Gasteiger partial charge in [0.25, 0.3) is 5.91 Å². The van der Waals surface area contributed by atoms with Crippen LogP contribution in [0.15, 0.2) is 24.3 Å². The van der Waals surface area contributed by atoms with Gasteiger partial charge in [-0.3, -0.25) is 9.59 Å². The molecule has 2 aliphatic heterocycles. The van der Waals surface area contributed by atoms with Gasteiger partial charge in [-0.1, -0.05) is 6.07 Å². The van der Waals surface area contributed by atoms with E-state index in [1.54, 1.807) is 24.3 Å². The lowest BCUT2D eigenvalue weighted by molar-refractivity contribution is -0.143. The summed E-state index contributed by atoms with van der Waals surface area (Å²) in [6.07, 6.45) is 5.35. The number of nitrogens with zero attached hydrogens (tertiary/aromatic N) is 1. The van der Waals surface area contributed by atoms with Gasteiger partial charge in [0.2, 0.25) is 5.91 Å². The van der Waals surface area contributed by atoms with Crippen molar-refractivity contribution >= 4 is 23.5 Å². The zero-order valence-corrected chi connectivity index (χ0v) is 15.4. The minimum Gasteiger partial charge on any atom is -0.480 e. The van der Waals surface area contributed by atoms with Crippen LogP contribution in [0.1, 0.15) is 55.3 Å². The topological polar surface area (TPSA) is 95.9 Å². The third-order valence-electron chi connectivity index (χ3n) is 5.16. The van der Waals surface area contributed by atoms with E-state index in [9.17, 15) is 19.5 Å². The first-order valence-electron chi connectivity index (χ1n) is 9.60. The quantitative estimate of drug-likeness (QED) is 0.798. The van der Waals surface area contributed by atoms with Crippen LogP contribution in [-0.4, -0.2) is 53.1 Å². The number of hydrogen-bond donors (Lipinski definition) is 2. The molecule has 2 fully saturated rings. The molecule has 2 amide bonds. The number of carbonyl (C=O) groups is 3. The Morgan fingerprint density at radius 1 is 1.19 bits per heavy atom. The number of carboxylic acid groups (broad SMARTS) is 1. The molecule has 0 aromatic heterocycles. The van der Waals surface area contributed by atoms with Crippen molar-refractivity contribution in [2.45, 2.75) is 57.1 Å². The summed E-state index contributed by atoms with van der Waals surface area (Å²) in [6, 6.07) is 5.90. The molecule has 7 heteroatoms. The second-order valence-corrected chi connectivity index (χ2v) is 7.15. The number of benzene rings is 1. The van der Waals surface area contributed by atoms with Crippen LogP contribution >= 0.6 is 0 Å². The van der Waals surface area contributed by atoms with Crippen molar-refractivity contribution in [2.24, 2.45) is 0 Å². The van der Waals surface area contributed by atoms with E-state index in [1.165, 1.54) is 4.90 Å². The lowest BCUT2D eigenvalue weighted by Crippen LogP contribution is -2.48. The Morgan fingerprint density at radius 3 is 2.78 bits per heavy atom. The van der Waals surface area contributed by atoms with Gasteiger partial charge in [-0.05, 0) is 56.7 Å². The molecule has 2 saturated heterocycles. The SMILES string of the molecule is O=C(CCC1CCCO1)Nc1cccc(C(=O)N2CCCCC2C(=O)O)c1. The molecule has 0 radical (unpaired) electrons. The molecule has 2 unspecified atom stereocenters. The Kier molecular flexibility index (Phi) is 6.45. The molecule has 1 aromatic rings. The number of ether oxygens (including phenoxy) is 1. The number of carboxylic acids is 1. The summed E-state index contributed by atoms with van der Waals surface area (Å²) < 4.78 is 5.52. The molecule has 27 heavy (non-hydrogen) atoms. The van der Waals surface area contributed by atoms with E-state index >= 15 is 0 Å². The van der Waals surface area contributed by atoms with Gasteiger partial charge in [0.1, 0.15) is 6.04 Å². The van der Waals surface area contributed by atoms with Crippen molar-refractivity contribution in [1.29, 1.82) is 0 Å². The summed E-state index contributed by atoms with van der Waals surface area (Å²) in [4.78, 5) is 37.8. The van der Waals surface area contributed by atoms with Crippen LogP contribution in [0.3, 0.4) is 0 Å². The Bertz CT molecular complexity index is 699. The smallest absolute Gasteiger partial charge is 0.326 e. The average molecular weight is 374 g/mol. The van der Waals surface area contributed by atoms with Crippen molar-refractivity contribution in [3.63, 3.8) is 0 Å². The molecule has 0 saturated carbocycles. The number of piperidine rings is 1. The third-order valence-corrected chi connectivity index (χ3v) is 5.16. The van der Waals surface area contributed by atoms with E-state index in [0.29, 0.717) is 37.1 Å². The maximum absolute atomic E-state index is 12.8. The number of amides is 2. The predicted molar refractivity (Wildman–Crippen MR) is 99.6 cm³/mol. The van der Waals surface area contributed by atoms with E-state index in [-0.39, 0.29) is 17.9 Å². The van der Waals surface area contributed by atoms with Gasteiger partial charge in [0.05, 0.1) is 6.10 Å². The highest BCUT2D eigenvalue weighted by atomic mass is 16.5. The Balaban J connectivity index is 1.61. The third kappa shape index (κ3) is 5.07. The van der Waals surface area contributed by atoms with Crippen LogP contribution in [0.2, 0.25) is 0 Å². The van der Waals surface area contributed by atoms with E-state index < -0.39 is 12.0 Å². The molecule has 0 bridgehead atoms. The van der Waals surface area contributed by atoms with Crippen molar-refractivity contribution in [3.05, 3.63) is 29.8 Å². The molecule has 146 valence electrons. The largest absolute Gasteiger partial charge is 0.480 e. The van der Waals surface area contributed by atoms with E-state index in [1.807, 2.05) is 0 Å². The standard InChI is InChI=1S/C20H26N2O5/c23-18(10-9-16-7-4-12-27-16)21-15-6-3-5-14(13-15)19(24)22-11-2-1-8-17(22)20(25)26/h3,5-6,13,16-17H,1-2,4,7-12H2,(H,21,23)(H,25,26). The van der Waals surface area contributed by atoms with Gasteiger partial charge in [0.15, 0.2) is 0 Å². The number of nitrogens with one attached hydrogen (secondary N) is 1. The average Bonchev–Trinajstić information content (AvgIpc) is 3.19. The molecular formula is C20H26N2O5. The van der Waals surface area contributed by atoms with Crippen LogP contribution in [0.5, 0.6) is 0 Å².